The Labute approximate surface area is 162 Å². The van der Waals surface area contributed by atoms with Gasteiger partial charge in [-0.3, -0.25) is 9.36 Å². The maximum Gasteiger partial charge on any atom is 0.231 e. The summed E-state index contributed by atoms with van der Waals surface area (Å²) < 4.78 is 1.79. The molecule has 27 heavy (non-hydrogen) atoms. The number of rotatable bonds is 6. The monoisotopic (exact) mass is 373 g/mol. The Morgan fingerprint density at radius 1 is 1.07 bits per heavy atom. The molecule has 2 aromatic carbocycles. The first kappa shape index (κ1) is 18.0. The smallest absolute Gasteiger partial charge is 0.231 e. The number of para-hydroxylation sites is 1. The first-order valence-corrected chi connectivity index (χ1v) is 13.0. The van der Waals surface area contributed by atoms with E-state index in [4.69, 9.17) is 0 Å². The Kier molecular flexibility index (Phi) is 4.88. The zero-order valence-corrected chi connectivity index (χ0v) is 17.1. The molecule has 0 saturated heterocycles. The minimum absolute atomic E-state index is 0.173. The van der Waals surface area contributed by atoms with Crippen LogP contribution in [0.4, 0.5) is 0 Å². The van der Waals surface area contributed by atoms with Gasteiger partial charge in [-0.25, -0.2) is 0 Å². The lowest BCUT2D eigenvalue weighted by molar-refractivity contribution is 0.0909. The standard InChI is InChI=1S/C24H27NOSi/c1-27(2,21-12-4-3-5-13-21)23-18-20(23)11-7-9-15-24(26)25-17-16-19-10-6-8-14-22(19)25/h3-8,10-14,16-17,20,23H,9,15,18H2,1-2H3/b11-7-/t20-,23-/m1/s1. The van der Waals surface area contributed by atoms with E-state index in [2.05, 4.69) is 55.6 Å². The first-order chi connectivity index (χ1) is 13.1. The summed E-state index contributed by atoms with van der Waals surface area (Å²) >= 11 is 0. The normalized spacial score (nSPS) is 19.6. The second kappa shape index (κ2) is 7.32. The molecule has 0 aliphatic heterocycles. The van der Waals surface area contributed by atoms with E-state index >= 15 is 0 Å². The van der Waals surface area contributed by atoms with Crippen molar-refractivity contribution in [3.8, 4) is 0 Å². The van der Waals surface area contributed by atoms with E-state index in [0.717, 1.165) is 22.9 Å². The van der Waals surface area contributed by atoms with E-state index in [1.54, 1.807) is 9.75 Å². The molecule has 2 atom stereocenters. The third-order valence-corrected chi connectivity index (χ3v) is 10.4. The van der Waals surface area contributed by atoms with Crippen molar-refractivity contribution in [3.05, 3.63) is 79.0 Å². The average Bonchev–Trinajstić information content (AvgIpc) is 3.36. The summed E-state index contributed by atoms with van der Waals surface area (Å²) in [5.41, 5.74) is 1.84. The quantitative estimate of drug-likeness (QED) is 0.406. The maximum absolute atomic E-state index is 12.5. The van der Waals surface area contributed by atoms with Gasteiger partial charge in [0.1, 0.15) is 0 Å². The molecule has 0 radical (unpaired) electrons. The van der Waals surface area contributed by atoms with E-state index in [-0.39, 0.29) is 5.91 Å². The van der Waals surface area contributed by atoms with E-state index < -0.39 is 8.07 Å². The Balaban J connectivity index is 1.31. The highest BCUT2D eigenvalue weighted by molar-refractivity contribution is 6.91. The molecule has 0 amide bonds. The molecule has 1 aromatic heterocycles. The van der Waals surface area contributed by atoms with Crippen LogP contribution in [0, 0.1) is 5.92 Å². The molecule has 1 heterocycles. The van der Waals surface area contributed by atoms with Crippen molar-refractivity contribution >= 4 is 30.1 Å². The lowest BCUT2D eigenvalue weighted by Gasteiger charge is -2.23. The van der Waals surface area contributed by atoms with Crippen LogP contribution in [0.3, 0.4) is 0 Å². The fourth-order valence-corrected chi connectivity index (χ4v) is 7.76. The molecule has 4 rings (SSSR count). The van der Waals surface area contributed by atoms with Gasteiger partial charge in [0.25, 0.3) is 0 Å². The van der Waals surface area contributed by atoms with Crippen molar-refractivity contribution in [2.75, 3.05) is 0 Å². The third-order valence-electron chi connectivity index (χ3n) is 6.06. The summed E-state index contributed by atoms with van der Waals surface area (Å²) in [5.74, 6) is 0.876. The minimum Gasteiger partial charge on any atom is -0.287 e. The van der Waals surface area contributed by atoms with E-state index in [9.17, 15) is 4.79 Å². The van der Waals surface area contributed by atoms with Gasteiger partial charge in [0.2, 0.25) is 5.91 Å². The maximum atomic E-state index is 12.5. The van der Waals surface area contributed by atoms with Crippen LogP contribution in [0.1, 0.15) is 24.1 Å². The molecule has 3 aromatic rings. The SMILES string of the molecule is C[Si](C)(c1ccccc1)[C@@H]1C[C@H]1/C=C\CCC(=O)n1ccc2ccccc21. The molecule has 0 unspecified atom stereocenters. The van der Waals surface area contributed by atoms with Gasteiger partial charge in [-0.1, -0.05) is 79.0 Å². The average molecular weight is 374 g/mol. The Morgan fingerprint density at radius 3 is 2.63 bits per heavy atom. The molecule has 138 valence electrons. The highest BCUT2D eigenvalue weighted by Crippen LogP contribution is 2.52. The molecule has 0 N–H and O–H groups in total. The third kappa shape index (κ3) is 3.70. The molecule has 1 aliphatic rings. The van der Waals surface area contributed by atoms with Crippen molar-refractivity contribution in [2.45, 2.75) is 37.9 Å². The van der Waals surface area contributed by atoms with Gasteiger partial charge in [-0.2, -0.15) is 0 Å². The van der Waals surface area contributed by atoms with Crippen LogP contribution in [0.2, 0.25) is 18.6 Å². The van der Waals surface area contributed by atoms with Crippen molar-refractivity contribution in [1.82, 2.24) is 4.57 Å². The van der Waals surface area contributed by atoms with E-state index in [0.29, 0.717) is 12.3 Å². The number of hydrogen-bond donors (Lipinski definition) is 0. The molecule has 1 aliphatic carbocycles. The second-order valence-corrected chi connectivity index (χ2v) is 13.0. The van der Waals surface area contributed by atoms with Crippen LogP contribution in [0.5, 0.6) is 0 Å². The number of benzene rings is 2. The van der Waals surface area contributed by atoms with Crippen LogP contribution in [-0.4, -0.2) is 18.5 Å². The van der Waals surface area contributed by atoms with Gasteiger partial charge in [0, 0.05) is 18.0 Å². The van der Waals surface area contributed by atoms with E-state index in [1.165, 1.54) is 6.42 Å². The number of nitrogens with zero attached hydrogens (tertiary/aromatic N) is 1. The largest absolute Gasteiger partial charge is 0.287 e. The Morgan fingerprint density at radius 2 is 1.81 bits per heavy atom. The molecule has 2 nitrogen and oxygen atoms in total. The molecule has 3 heteroatoms. The lowest BCUT2D eigenvalue weighted by atomic mass is 10.2. The van der Waals surface area contributed by atoms with Crippen molar-refractivity contribution in [3.63, 3.8) is 0 Å². The zero-order chi connectivity index (χ0) is 18.9. The molecule has 0 bridgehead atoms. The van der Waals surface area contributed by atoms with Crippen molar-refractivity contribution in [1.29, 1.82) is 0 Å². The molecule has 0 spiro atoms. The van der Waals surface area contributed by atoms with Crippen LogP contribution >= 0.6 is 0 Å². The summed E-state index contributed by atoms with van der Waals surface area (Å²) in [4.78, 5) is 12.5. The van der Waals surface area contributed by atoms with Gasteiger partial charge in [0.05, 0.1) is 13.6 Å². The summed E-state index contributed by atoms with van der Waals surface area (Å²) in [6, 6.07) is 21.1. The minimum atomic E-state index is -1.39. The highest BCUT2D eigenvalue weighted by Gasteiger charge is 2.47. The van der Waals surface area contributed by atoms with Crippen molar-refractivity contribution in [2.24, 2.45) is 5.92 Å². The Bertz CT molecular complexity index is 970. The van der Waals surface area contributed by atoms with Gasteiger partial charge in [-0.15, -0.1) is 0 Å². The van der Waals surface area contributed by atoms with Gasteiger partial charge >= 0.3 is 0 Å². The number of carbonyl (C=O) groups excluding carboxylic acids is 1. The number of hydrogen-bond acceptors (Lipinski definition) is 1. The number of carbonyl (C=O) groups is 1. The van der Waals surface area contributed by atoms with Gasteiger partial charge < -0.3 is 0 Å². The Hall–Kier alpha value is -2.39. The number of aromatic nitrogens is 1. The van der Waals surface area contributed by atoms with Crippen molar-refractivity contribution < 1.29 is 4.79 Å². The lowest BCUT2D eigenvalue weighted by Crippen LogP contribution is -2.42. The highest BCUT2D eigenvalue weighted by atomic mass is 28.3. The van der Waals surface area contributed by atoms with Gasteiger partial charge in [0.15, 0.2) is 0 Å². The predicted molar refractivity (Wildman–Crippen MR) is 116 cm³/mol. The van der Waals surface area contributed by atoms with E-state index in [1.807, 2.05) is 36.5 Å². The summed E-state index contributed by atoms with van der Waals surface area (Å²) in [5, 5.41) is 2.68. The molecular weight excluding hydrogens is 346 g/mol. The van der Waals surface area contributed by atoms with Crippen LogP contribution in [-0.2, 0) is 0 Å². The fourth-order valence-electron chi connectivity index (χ4n) is 4.24. The molecular formula is C24H27NOSi. The summed E-state index contributed by atoms with van der Waals surface area (Å²) in [6.07, 6.45) is 9.17. The summed E-state index contributed by atoms with van der Waals surface area (Å²) in [6.45, 7) is 4.98. The topological polar surface area (TPSA) is 22.0 Å². The molecule has 1 saturated carbocycles. The van der Waals surface area contributed by atoms with Gasteiger partial charge in [-0.05, 0) is 36.4 Å². The number of fused-ring (bicyclic) bond motifs is 1. The molecule has 1 fully saturated rings. The second-order valence-electron chi connectivity index (χ2n) is 8.20. The number of allylic oxidation sites excluding steroid dienone is 2. The summed E-state index contributed by atoms with van der Waals surface area (Å²) in [7, 11) is -1.39. The van der Waals surface area contributed by atoms with Crippen LogP contribution in [0.15, 0.2) is 79.0 Å². The predicted octanol–water partition coefficient (Wildman–Crippen LogP) is 5.62. The fraction of sp³-hybridized carbons (Fsp3) is 0.292. The zero-order valence-electron chi connectivity index (χ0n) is 16.1. The van der Waals surface area contributed by atoms with Crippen LogP contribution in [0.25, 0.3) is 10.9 Å². The first-order valence-electron chi connectivity index (χ1n) is 9.89. The van der Waals surface area contributed by atoms with Crippen LogP contribution < -0.4 is 5.19 Å².